The molecule has 0 fully saturated rings. The van der Waals surface area contributed by atoms with Gasteiger partial charge in [-0.1, -0.05) is 6.08 Å². The normalized spacial score (nSPS) is 13.4. The molecule has 1 amide bonds. The molecule has 0 radical (unpaired) electrons. The number of carbonyl (C=O) groups is 1. The number of alkyl halides is 3. The van der Waals surface area contributed by atoms with Gasteiger partial charge in [-0.05, 0) is 6.92 Å². The van der Waals surface area contributed by atoms with Gasteiger partial charge in [-0.15, -0.1) is 6.58 Å². The minimum Gasteiger partial charge on any atom is -0.349 e. The molecule has 0 spiro atoms. The van der Waals surface area contributed by atoms with Crippen LogP contribution in [0, 0.1) is 0 Å². The highest BCUT2D eigenvalue weighted by Gasteiger charge is 2.26. The smallest absolute Gasteiger partial charge is 0.349 e. The fraction of sp³-hybridized carbons (Fsp3) is 0.625. The maximum Gasteiger partial charge on any atom is 0.401 e. The van der Waals surface area contributed by atoms with E-state index >= 15 is 0 Å². The topological polar surface area (TPSA) is 41.1 Å². The molecular weight excluding hydrogens is 197 g/mol. The summed E-state index contributed by atoms with van der Waals surface area (Å²) in [4.78, 5) is 10.9. The van der Waals surface area contributed by atoms with Gasteiger partial charge in [0.25, 0.3) is 0 Å². The standard InChI is InChI=1S/C8H13F3N2O/c1-3-6(2)13-7(14)4-12-5-8(9,10)11/h3,6,12H,1,4-5H2,2H3,(H,13,14). The number of nitrogens with one attached hydrogen (secondary N) is 2. The Labute approximate surface area is 80.4 Å². The molecule has 0 bridgehead atoms. The molecule has 14 heavy (non-hydrogen) atoms. The first-order chi connectivity index (χ1) is 6.35. The van der Waals surface area contributed by atoms with Crippen LogP contribution in [0.5, 0.6) is 0 Å². The summed E-state index contributed by atoms with van der Waals surface area (Å²) in [6.07, 6.45) is -2.80. The van der Waals surface area contributed by atoms with Crippen LogP contribution in [0.25, 0.3) is 0 Å². The number of hydrogen-bond acceptors (Lipinski definition) is 2. The lowest BCUT2D eigenvalue weighted by Crippen LogP contribution is -2.40. The highest BCUT2D eigenvalue weighted by atomic mass is 19.4. The van der Waals surface area contributed by atoms with Gasteiger partial charge in [0.2, 0.25) is 5.91 Å². The van der Waals surface area contributed by atoms with E-state index in [1.54, 1.807) is 6.92 Å². The number of amides is 1. The Morgan fingerprint density at radius 1 is 1.57 bits per heavy atom. The Kier molecular flexibility index (Phi) is 5.22. The van der Waals surface area contributed by atoms with Gasteiger partial charge in [-0.3, -0.25) is 4.79 Å². The van der Waals surface area contributed by atoms with Gasteiger partial charge >= 0.3 is 6.18 Å². The summed E-state index contributed by atoms with van der Waals surface area (Å²) in [5.74, 6) is -0.485. The van der Waals surface area contributed by atoms with E-state index in [1.807, 2.05) is 5.32 Å². The van der Waals surface area contributed by atoms with Gasteiger partial charge in [0, 0.05) is 6.04 Å². The van der Waals surface area contributed by atoms with E-state index in [2.05, 4.69) is 11.9 Å². The van der Waals surface area contributed by atoms with Crippen molar-refractivity contribution in [1.29, 1.82) is 0 Å². The minimum absolute atomic E-state index is 0.241. The van der Waals surface area contributed by atoms with E-state index in [0.717, 1.165) is 0 Å². The lowest BCUT2D eigenvalue weighted by Gasteiger charge is -2.10. The maximum absolute atomic E-state index is 11.6. The first kappa shape index (κ1) is 13.0. The summed E-state index contributed by atoms with van der Waals surface area (Å²) in [5, 5.41) is 4.41. The minimum atomic E-state index is -4.29. The van der Waals surface area contributed by atoms with Crippen LogP contribution in [0.2, 0.25) is 0 Å². The van der Waals surface area contributed by atoms with Crippen molar-refractivity contribution in [3.63, 3.8) is 0 Å². The summed E-state index contributed by atoms with van der Waals surface area (Å²) >= 11 is 0. The highest BCUT2D eigenvalue weighted by Crippen LogP contribution is 2.11. The largest absolute Gasteiger partial charge is 0.401 e. The lowest BCUT2D eigenvalue weighted by molar-refractivity contribution is -0.128. The lowest BCUT2D eigenvalue weighted by atomic mass is 10.3. The molecule has 6 heteroatoms. The van der Waals surface area contributed by atoms with Gasteiger partial charge < -0.3 is 10.6 Å². The van der Waals surface area contributed by atoms with Gasteiger partial charge in [-0.2, -0.15) is 13.2 Å². The average Bonchev–Trinajstić information content (AvgIpc) is 2.01. The third-order valence-electron chi connectivity index (χ3n) is 1.35. The molecule has 1 unspecified atom stereocenters. The van der Waals surface area contributed by atoms with Crippen molar-refractivity contribution >= 4 is 5.91 Å². The quantitative estimate of drug-likeness (QED) is 0.660. The van der Waals surface area contributed by atoms with E-state index in [4.69, 9.17) is 0 Å². The highest BCUT2D eigenvalue weighted by molar-refractivity contribution is 5.78. The van der Waals surface area contributed by atoms with Crippen LogP contribution in [0.4, 0.5) is 13.2 Å². The fourth-order valence-electron chi connectivity index (χ4n) is 0.682. The second-order valence-corrected chi connectivity index (χ2v) is 2.81. The van der Waals surface area contributed by atoms with Crippen LogP contribution in [-0.4, -0.2) is 31.2 Å². The zero-order valence-corrected chi connectivity index (χ0v) is 7.82. The third-order valence-corrected chi connectivity index (χ3v) is 1.35. The molecule has 0 aliphatic carbocycles. The molecular formula is C8H13F3N2O. The van der Waals surface area contributed by atoms with Crippen LogP contribution < -0.4 is 10.6 Å². The van der Waals surface area contributed by atoms with E-state index in [-0.39, 0.29) is 12.6 Å². The van der Waals surface area contributed by atoms with Crippen molar-refractivity contribution < 1.29 is 18.0 Å². The number of carbonyl (C=O) groups excluding carboxylic acids is 1. The van der Waals surface area contributed by atoms with Crippen molar-refractivity contribution in [2.24, 2.45) is 0 Å². The van der Waals surface area contributed by atoms with Gasteiger partial charge in [0.1, 0.15) is 0 Å². The van der Waals surface area contributed by atoms with E-state index in [1.165, 1.54) is 6.08 Å². The second kappa shape index (κ2) is 5.64. The SMILES string of the molecule is C=CC(C)NC(=O)CNCC(F)(F)F. The molecule has 0 aromatic heterocycles. The summed E-state index contributed by atoms with van der Waals surface area (Å²) in [5.41, 5.74) is 0. The molecule has 0 rings (SSSR count). The Balaban J connectivity index is 3.60. The van der Waals surface area contributed by atoms with Crippen molar-refractivity contribution in [3.05, 3.63) is 12.7 Å². The first-order valence-electron chi connectivity index (χ1n) is 4.04. The van der Waals surface area contributed by atoms with Crippen LogP contribution >= 0.6 is 0 Å². The number of halogens is 3. The van der Waals surface area contributed by atoms with Gasteiger partial charge in [0.05, 0.1) is 13.1 Å². The van der Waals surface area contributed by atoms with Crippen LogP contribution in [0.15, 0.2) is 12.7 Å². The number of hydrogen-bond donors (Lipinski definition) is 2. The zero-order valence-electron chi connectivity index (χ0n) is 7.82. The van der Waals surface area contributed by atoms with Crippen molar-refractivity contribution in [2.45, 2.75) is 19.1 Å². The average molecular weight is 210 g/mol. The third kappa shape index (κ3) is 7.60. The van der Waals surface area contributed by atoms with Crippen LogP contribution in [-0.2, 0) is 4.79 Å². The predicted molar refractivity (Wildman–Crippen MR) is 46.7 cm³/mol. The predicted octanol–water partition coefficient (Wildman–Crippen LogP) is 0.829. The molecule has 0 aromatic carbocycles. The first-order valence-corrected chi connectivity index (χ1v) is 4.04. The van der Waals surface area contributed by atoms with Crippen LogP contribution in [0.3, 0.4) is 0 Å². The molecule has 0 saturated heterocycles. The monoisotopic (exact) mass is 210 g/mol. The number of rotatable bonds is 5. The molecule has 0 aliphatic rings. The van der Waals surface area contributed by atoms with Gasteiger partial charge in [0.15, 0.2) is 0 Å². The van der Waals surface area contributed by atoms with E-state index in [0.29, 0.717) is 0 Å². The van der Waals surface area contributed by atoms with E-state index in [9.17, 15) is 18.0 Å². The summed E-state index contributed by atoms with van der Waals surface area (Å²) in [7, 11) is 0. The van der Waals surface area contributed by atoms with E-state index < -0.39 is 18.6 Å². The summed E-state index contributed by atoms with van der Waals surface area (Å²) < 4.78 is 34.9. The zero-order chi connectivity index (χ0) is 11.2. The molecule has 0 aliphatic heterocycles. The molecule has 0 heterocycles. The molecule has 82 valence electrons. The molecule has 1 atom stereocenters. The molecule has 0 saturated carbocycles. The van der Waals surface area contributed by atoms with Crippen LogP contribution in [0.1, 0.15) is 6.92 Å². The second-order valence-electron chi connectivity index (χ2n) is 2.81. The molecule has 0 aromatic rings. The molecule has 3 nitrogen and oxygen atoms in total. The Bertz CT molecular complexity index is 203. The fourth-order valence-corrected chi connectivity index (χ4v) is 0.682. The van der Waals surface area contributed by atoms with Crippen molar-refractivity contribution in [2.75, 3.05) is 13.1 Å². The Morgan fingerprint density at radius 2 is 2.14 bits per heavy atom. The molecule has 2 N–H and O–H groups in total. The van der Waals surface area contributed by atoms with Crippen molar-refractivity contribution in [3.8, 4) is 0 Å². The summed E-state index contributed by atoms with van der Waals surface area (Å²) in [6, 6.07) is -0.241. The van der Waals surface area contributed by atoms with Gasteiger partial charge in [-0.25, -0.2) is 0 Å². The Morgan fingerprint density at radius 3 is 2.57 bits per heavy atom. The Hall–Kier alpha value is -1.04. The van der Waals surface area contributed by atoms with Crippen molar-refractivity contribution in [1.82, 2.24) is 10.6 Å². The maximum atomic E-state index is 11.6. The summed E-state index contributed by atoms with van der Waals surface area (Å²) in [6.45, 7) is 3.58.